The van der Waals surface area contributed by atoms with Crippen LogP contribution in [0.4, 0.5) is 4.39 Å². The Balaban J connectivity index is 0.000000383. The Kier molecular flexibility index (Phi) is 8.75. The minimum absolute atomic E-state index is 0.163. The summed E-state index contributed by atoms with van der Waals surface area (Å²) in [5, 5.41) is 6.64. The third-order valence-corrected chi connectivity index (χ3v) is 5.92. The van der Waals surface area contributed by atoms with Crippen molar-refractivity contribution in [2.75, 3.05) is 0 Å². The minimum atomic E-state index is -0.234. The summed E-state index contributed by atoms with van der Waals surface area (Å²) in [5.41, 5.74) is 5.01. The van der Waals surface area contributed by atoms with Gasteiger partial charge in [0.05, 0.1) is 23.1 Å². The van der Waals surface area contributed by atoms with E-state index in [2.05, 4.69) is 17.6 Å². The average molecular weight is 451 g/mol. The van der Waals surface area contributed by atoms with Gasteiger partial charge in [0, 0.05) is 25.5 Å². The van der Waals surface area contributed by atoms with Gasteiger partial charge in [0.25, 0.3) is 0 Å². The number of halogens is 1. The molecule has 1 amide bonds. The van der Waals surface area contributed by atoms with E-state index in [4.69, 9.17) is 10.1 Å². The summed E-state index contributed by atoms with van der Waals surface area (Å²) in [7, 11) is 0. The van der Waals surface area contributed by atoms with Crippen LogP contribution in [0.1, 0.15) is 76.6 Å². The van der Waals surface area contributed by atoms with Gasteiger partial charge >= 0.3 is 0 Å². The van der Waals surface area contributed by atoms with E-state index in [0.717, 1.165) is 54.0 Å². The van der Waals surface area contributed by atoms with Gasteiger partial charge in [-0.25, -0.2) is 14.4 Å². The fourth-order valence-corrected chi connectivity index (χ4v) is 4.39. The summed E-state index contributed by atoms with van der Waals surface area (Å²) < 4.78 is 14.0. The van der Waals surface area contributed by atoms with Crippen LogP contribution in [0.2, 0.25) is 0 Å². The largest absolute Gasteiger partial charge is 0.298 e. The number of fused-ring (bicyclic) bond motifs is 1. The van der Waals surface area contributed by atoms with Crippen LogP contribution >= 0.6 is 0 Å². The van der Waals surface area contributed by atoms with E-state index in [1.807, 2.05) is 38.2 Å². The first kappa shape index (κ1) is 24.6. The summed E-state index contributed by atoms with van der Waals surface area (Å²) in [5.74, 6) is -0.0709. The van der Waals surface area contributed by atoms with Crippen molar-refractivity contribution in [3.63, 3.8) is 0 Å². The Bertz CT molecular complexity index is 1060. The molecular weight excluding hydrogens is 415 g/mol. The molecule has 3 heterocycles. The number of carbonyl (C=O) groups is 1. The van der Waals surface area contributed by atoms with Crippen molar-refractivity contribution in [3.05, 3.63) is 72.5 Å². The van der Waals surface area contributed by atoms with Gasteiger partial charge in [-0.2, -0.15) is 5.10 Å². The number of nitrogens with zero attached hydrogens (tertiary/aromatic N) is 4. The van der Waals surface area contributed by atoms with Crippen LogP contribution in [0, 0.1) is 0 Å². The second kappa shape index (κ2) is 11.7. The van der Waals surface area contributed by atoms with Gasteiger partial charge in [0.15, 0.2) is 0 Å². The Morgan fingerprint density at radius 1 is 1.24 bits per heavy atom. The highest BCUT2D eigenvalue weighted by atomic mass is 19.1. The summed E-state index contributed by atoms with van der Waals surface area (Å²) in [4.78, 5) is 17.3. The van der Waals surface area contributed by atoms with Gasteiger partial charge < -0.3 is 0 Å². The molecule has 0 atom stereocenters. The molecule has 176 valence electrons. The van der Waals surface area contributed by atoms with Crippen molar-refractivity contribution in [1.29, 1.82) is 0 Å². The number of hydrogen-bond donors (Lipinski definition) is 0. The molecule has 0 spiro atoms. The molecular formula is C27H35FN4O. The average Bonchev–Trinajstić information content (AvgIpc) is 3.17. The third kappa shape index (κ3) is 6.28. The third-order valence-electron chi connectivity index (χ3n) is 5.92. The molecule has 1 aliphatic heterocycles. The lowest BCUT2D eigenvalue weighted by molar-refractivity contribution is -0.134. The Labute approximate surface area is 196 Å². The zero-order chi connectivity index (χ0) is 23.8. The number of hydrazone groups is 1. The van der Waals surface area contributed by atoms with Gasteiger partial charge in [-0.1, -0.05) is 51.0 Å². The zero-order valence-corrected chi connectivity index (χ0v) is 19.9. The number of allylic oxidation sites excluding steroid dienone is 4. The number of imidazole rings is 1. The summed E-state index contributed by atoms with van der Waals surface area (Å²) >= 11 is 0. The molecule has 0 radical (unpaired) electrons. The van der Waals surface area contributed by atoms with Crippen LogP contribution in [0.3, 0.4) is 0 Å². The molecule has 0 aromatic carbocycles. The zero-order valence-electron chi connectivity index (χ0n) is 19.9. The molecule has 1 saturated carbocycles. The van der Waals surface area contributed by atoms with Crippen molar-refractivity contribution in [1.82, 2.24) is 14.4 Å². The van der Waals surface area contributed by atoms with Crippen LogP contribution in [0.25, 0.3) is 5.65 Å². The highest BCUT2D eigenvalue weighted by Crippen LogP contribution is 2.28. The molecule has 6 heteroatoms. The quantitative estimate of drug-likeness (QED) is 0.370. The molecule has 1 aliphatic carbocycles. The smallest absolute Gasteiger partial charge is 0.243 e. The number of carbonyl (C=O) groups excluding carboxylic acids is 1. The first-order valence-electron chi connectivity index (χ1n) is 11.9. The summed E-state index contributed by atoms with van der Waals surface area (Å²) in [6.07, 6.45) is 13.2. The number of amides is 1. The van der Waals surface area contributed by atoms with Crippen molar-refractivity contribution in [3.8, 4) is 0 Å². The van der Waals surface area contributed by atoms with Crippen LogP contribution in [-0.4, -0.2) is 32.1 Å². The van der Waals surface area contributed by atoms with E-state index >= 15 is 0 Å². The molecule has 5 nitrogen and oxygen atoms in total. The van der Waals surface area contributed by atoms with E-state index in [1.165, 1.54) is 31.4 Å². The second-order valence-electron chi connectivity index (χ2n) is 8.75. The summed E-state index contributed by atoms with van der Waals surface area (Å²) in [6.45, 7) is 11.2. The maximum atomic E-state index is 12.5. The van der Waals surface area contributed by atoms with Gasteiger partial charge in [0.2, 0.25) is 5.91 Å². The lowest BCUT2D eigenvalue weighted by Gasteiger charge is -2.33. The van der Waals surface area contributed by atoms with Crippen LogP contribution in [0.15, 0.2) is 66.2 Å². The number of rotatable bonds is 6. The van der Waals surface area contributed by atoms with Crippen molar-refractivity contribution in [2.24, 2.45) is 5.10 Å². The van der Waals surface area contributed by atoms with Gasteiger partial charge in [-0.3, -0.25) is 9.20 Å². The van der Waals surface area contributed by atoms with E-state index in [0.29, 0.717) is 12.8 Å². The second-order valence-corrected chi connectivity index (χ2v) is 8.75. The standard InChI is InChI=1S/C21H26N4O.C6H9F/c1-15(2)14-18-21(24-13-7-6-10-19(24)22-18)17-11-12-20(26)25(23-17)16-8-4-3-5-9-16;1-3-5-6(7)4-2/h6-7,10,13,16H,1,3-5,8-9,11-12,14H2,2H3;4-5H,2-3H2,1H3/b;6-5+. The van der Waals surface area contributed by atoms with Gasteiger partial charge in [0.1, 0.15) is 11.5 Å². The van der Waals surface area contributed by atoms with E-state index in [-0.39, 0.29) is 17.8 Å². The molecule has 0 bridgehead atoms. The predicted molar refractivity (Wildman–Crippen MR) is 133 cm³/mol. The van der Waals surface area contributed by atoms with Gasteiger partial charge in [-0.15, -0.1) is 0 Å². The van der Waals surface area contributed by atoms with Crippen molar-refractivity contribution < 1.29 is 9.18 Å². The maximum absolute atomic E-state index is 12.5. The molecule has 0 saturated heterocycles. The predicted octanol–water partition coefficient (Wildman–Crippen LogP) is 6.55. The Morgan fingerprint density at radius 2 is 2.00 bits per heavy atom. The maximum Gasteiger partial charge on any atom is 0.243 e. The van der Waals surface area contributed by atoms with E-state index in [9.17, 15) is 9.18 Å². The Morgan fingerprint density at radius 3 is 2.64 bits per heavy atom. The minimum Gasteiger partial charge on any atom is -0.298 e. The molecule has 33 heavy (non-hydrogen) atoms. The molecule has 0 unspecified atom stereocenters. The highest BCUT2D eigenvalue weighted by molar-refractivity contribution is 6.04. The van der Waals surface area contributed by atoms with Crippen molar-refractivity contribution >= 4 is 17.3 Å². The fourth-order valence-electron chi connectivity index (χ4n) is 4.39. The SMILES string of the molecule is C=C(C)Cc1nc2ccccn2c1C1=NN(C2CCCCC2)C(=O)CC1.C=C/C(F)=C\CC. The normalized spacial score (nSPS) is 17.4. The monoisotopic (exact) mass is 450 g/mol. The van der Waals surface area contributed by atoms with Crippen molar-refractivity contribution in [2.45, 2.75) is 77.7 Å². The molecule has 0 N–H and O–H groups in total. The molecule has 2 aromatic rings. The Hall–Kier alpha value is -3.02. The van der Waals surface area contributed by atoms with E-state index in [1.54, 1.807) is 5.01 Å². The van der Waals surface area contributed by atoms with Gasteiger partial charge in [-0.05, 0) is 50.5 Å². The molecule has 2 aliphatic rings. The molecule has 4 rings (SSSR count). The number of aromatic nitrogens is 2. The number of pyridine rings is 1. The number of hydrogen-bond acceptors (Lipinski definition) is 3. The lowest BCUT2D eigenvalue weighted by Crippen LogP contribution is -2.41. The topological polar surface area (TPSA) is 50.0 Å². The molecule has 2 aromatic heterocycles. The first-order chi connectivity index (χ1) is 15.9. The summed E-state index contributed by atoms with van der Waals surface area (Å²) in [6, 6.07) is 6.28. The van der Waals surface area contributed by atoms with E-state index < -0.39 is 0 Å². The van der Waals surface area contributed by atoms with Crippen LogP contribution in [0.5, 0.6) is 0 Å². The lowest BCUT2D eigenvalue weighted by atomic mass is 9.94. The van der Waals surface area contributed by atoms with Crippen LogP contribution in [-0.2, 0) is 11.2 Å². The fraction of sp³-hybridized carbons (Fsp3) is 0.444. The van der Waals surface area contributed by atoms with Crippen LogP contribution < -0.4 is 0 Å². The highest BCUT2D eigenvalue weighted by Gasteiger charge is 2.31. The molecule has 1 fully saturated rings. The first-order valence-corrected chi connectivity index (χ1v) is 11.9.